The minimum absolute atomic E-state index is 0.0165. The van der Waals surface area contributed by atoms with Crippen LogP contribution in [0.4, 0.5) is 0 Å². The maximum Gasteiger partial charge on any atom is 0.0602 e. The Morgan fingerprint density at radius 1 is 1.29 bits per heavy atom. The van der Waals surface area contributed by atoms with Gasteiger partial charge in [-0.15, -0.1) is 0 Å². The van der Waals surface area contributed by atoms with E-state index in [-0.39, 0.29) is 5.60 Å². The standard InChI is InChI=1S/C13H24O/c1-11-7-5-9-12(10-6-8-11)14-13(2,3)4/h7,12H,5-6,8-10H2,1-4H3/b11-7-. The Labute approximate surface area is 88.5 Å². The average Bonchev–Trinajstić information content (AvgIpc) is 1.97. The molecule has 0 saturated heterocycles. The van der Waals surface area contributed by atoms with Gasteiger partial charge >= 0.3 is 0 Å². The molecule has 0 amide bonds. The lowest BCUT2D eigenvalue weighted by molar-refractivity contribution is -0.0666. The van der Waals surface area contributed by atoms with E-state index >= 15 is 0 Å². The van der Waals surface area contributed by atoms with E-state index in [1.807, 2.05) is 0 Å². The van der Waals surface area contributed by atoms with Crippen molar-refractivity contribution in [1.82, 2.24) is 0 Å². The zero-order valence-electron chi connectivity index (χ0n) is 10.1. The molecular formula is C13H24O. The maximum atomic E-state index is 6.02. The summed E-state index contributed by atoms with van der Waals surface area (Å²) < 4.78 is 6.02. The van der Waals surface area contributed by atoms with Crippen LogP contribution < -0.4 is 0 Å². The summed E-state index contributed by atoms with van der Waals surface area (Å²) in [4.78, 5) is 0. The molecule has 0 aliphatic heterocycles. The van der Waals surface area contributed by atoms with Gasteiger partial charge in [-0.25, -0.2) is 0 Å². The SMILES string of the molecule is C/C1=C/CCC(OC(C)(C)C)CCC1. The van der Waals surface area contributed by atoms with Gasteiger partial charge < -0.3 is 4.74 Å². The van der Waals surface area contributed by atoms with Crippen molar-refractivity contribution in [3.05, 3.63) is 11.6 Å². The van der Waals surface area contributed by atoms with Crippen molar-refractivity contribution in [2.24, 2.45) is 0 Å². The molecule has 0 heterocycles. The minimum atomic E-state index is 0.0165. The van der Waals surface area contributed by atoms with Crippen LogP contribution in [0.2, 0.25) is 0 Å². The van der Waals surface area contributed by atoms with Crippen LogP contribution in [0.25, 0.3) is 0 Å². The van der Waals surface area contributed by atoms with E-state index in [1.54, 1.807) is 5.57 Å². The van der Waals surface area contributed by atoms with Crippen molar-refractivity contribution < 1.29 is 4.74 Å². The summed E-state index contributed by atoms with van der Waals surface area (Å²) in [6, 6.07) is 0. The van der Waals surface area contributed by atoms with Crippen molar-refractivity contribution >= 4 is 0 Å². The monoisotopic (exact) mass is 196 g/mol. The van der Waals surface area contributed by atoms with Crippen LogP contribution >= 0.6 is 0 Å². The fourth-order valence-corrected chi connectivity index (χ4v) is 1.99. The molecule has 1 aliphatic rings. The zero-order chi connectivity index (χ0) is 10.6. The molecule has 1 nitrogen and oxygen atoms in total. The number of ether oxygens (including phenoxy) is 1. The third kappa shape index (κ3) is 4.80. The fourth-order valence-electron chi connectivity index (χ4n) is 1.99. The summed E-state index contributed by atoms with van der Waals surface area (Å²) >= 11 is 0. The van der Waals surface area contributed by atoms with Crippen LogP contribution in [0.3, 0.4) is 0 Å². The first-order valence-electron chi connectivity index (χ1n) is 5.81. The molecule has 0 fully saturated rings. The highest BCUT2D eigenvalue weighted by molar-refractivity contribution is 4.99. The lowest BCUT2D eigenvalue weighted by Gasteiger charge is -2.28. The van der Waals surface area contributed by atoms with Crippen LogP contribution in [0.5, 0.6) is 0 Å². The third-order valence-electron chi connectivity index (χ3n) is 2.60. The van der Waals surface area contributed by atoms with Crippen molar-refractivity contribution in [1.29, 1.82) is 0 Å². The first-order valence-corrected chi connectivity index (χ1v) is 5.81. The van der Waals surface area contributed by atoms with E-state index in [2.05, 4.69) is 33.8 Å². The molecule has 0 N–H and O–H groups in total. The van der Waals surface area contributed by atoms with E-state index in [4.69, 9.17) is 4.74 Å². The Morgan fingerprint density at radius 3 is 2.64 bits per heavy atom. The summed E-state index contributed by atoms with van der Waals surface area (Å²) in [5.74, 6) is 0. The molecule has 0 radical (unpaired) electrons. The summed E-state index contributed by atoms with van der Waals surface area (Å²) in [5.41, 5.74) is 1.57. The quantitative estimate of drug-likeness (QED) is 0.574. The van der Waals surface area contributed by atoms with Gasteiger partial charge in [0.15, 0.2) is 0 Å². The van der Waals surface area contributed by atoms with Gasteiger partial charge in [-0.1, -0.05) is 11.6 Å². The Bertz CT molecular complexity index is 198. The smallest absolute Gasteiger partial charge is 0.0602 e. The van der Waals surface area contributed by atoms with Gasteiger partial charge in [0, 0.05) is 0 Å². The molecule has 1 aliphatic carbocycles. The predicted molar refractivity (Wildman–Crippen MR) is 61.5 cm³/mol. The molecule has 0 aromatic rings. The molecule has 14 heavy (non-hydrogen) atoms. The maximum absolute atomic E-state index is 6.02. The lowest BCUT2D eigenvalue weighted by atomic mass is 9.98. The lowest BCUT2D eigenvalue weighted by Crippen LogP contribution is -2.27. The van der Waals surface area contributed by atoms with Gasteiger partial charge in [0.25, 0.3) is 0 Å². The van der Waals surface area contributed by atoms with E-state index in [0.717, 1.165) is 0 Å². The fraction of sp³-hybridized carbons (Fsp3) is 0.846. The highest BCUT2D eigenvalue weighted by Crippen LogP contribution is 2.23. The Morgan fingerprint density at radius 2 is 2.00 bits per heavy atom. The summed E-state index contributed by atoms with van der Waals surface area (Å²) in [6.07, 6.45) is 8.98. The molecule has 0 spiro atoms. The highest BCUT2D eigenvalue weighted by atomic mass is 16.5. The Hall–Kier alpha value is -0.300. The van der Waals surface area contributed by atoms with E-state index in [0.29, 0.717) is 6.10 Å². The zero-order valence-corrected chi connectivity index (χ0v) is 10.1. The van der Waals surface area contributed by atoms with Gasteiger partial charge in [0.2, 0.25) is 0 Å². The minimum Gasteiger partial charge on any atom is -0.373 e. The van der Waals surface area contributed by atoms with Gasteiger partial charge in [-0.2, -0.15) is 0 Å². The third-order valence-corrected chi connectivity index (χ3v) is 2.60. The highest BCUT2D eigenvalue weighted by Gasteiger charge is 2.18. The number of hydrogen-bond donors (Lipinski definition) is 0. The van der Waals surface area contributed by atoms with Crippen LogP contribution in [-0.2, 0) is 4.74 Å². The van der Waals surface area contributed by atoms with E-state index in [9.17, 15) is 0 Å². The predicted octanol–water partition coefficient (Wildman–Crippen LogP) is 4.08. The second kappa shape index (κ2) is 4.97. The average molecular weight is 196 g/mol. The normalized spacial score (nSPS) is 28.9. The number of rotatable bonds is 1. The van der Waals surface area contributed by atoms with Crippen molar-refractivity contribution in [2.75, 3.05) is 0 Å². The van der Waals surface area contributed by atoms with Crippen LogP contribution in [0, 0.1) is 0 Å². The first kappa shape index (κ1) is 11.8. The second-order valence-corrected chi connectivity index (χ2v) is 5.37. The Balaban J connectivity index is 2.41. The van der Waals surface area contributed by atoms with E-state index < -0.39 is 0 Å². The van der Waals surface area contributed by atoms with Crippen molar-refractivity contribution in [3.63, 3.8) is 0 Å². The summed E-state index contributed by atoms with van der Waals surface area (Å²) in [6.45, 7) is 8.68. The molecule has 1 unspecified atom stereocenters. The summed E-state index contributed by atoms with van der Waals surface area (Å²) in [5, 5.41) is 0. The number of hydrogen-bond acceptors (Lipinski definition) is 1. The summed E-state index contributed by atoms with van der Waals surface area (Å²) in [7, 11) is 0. The van der Waals surface area contributed by atoms with Gasteiger partial charge in [0.05, 0.1) is 11.7 Å². The topological polar surface area (TPSA) is 9.23 Å². The van der Waals surface area contributed by atoms with E-state index in [1.165, 1.54) is 32.1 Å². The van der Waals surface area contributed by atoms with Crippen molar-refractivity contribution in [3.8, 4) is 0 Å². The molecule has 0 bridgehead atoms. The molecule has 0 aromatic heterocycles. The van der Waals surface area contributed by atoms with Gasteiger partial charge in [-0.05, 0) is 59.8 Å². The Kier molecular flexibility index (Phi) is 4.18. The van der Waals surface area contributed by atoms with Gasteiger partial charge in [0.1, 0.15) is 0 Å². The molecule has 82 valence electrons. The van der Waals surface area contributed by atoms with Crippen LogP contribution in [-0.4, -0.2) is 11.7 Å². The van der Waals surface area contributed by atoms with Crippen LogP contribution in [0.1, 0.15) is 59.8 Å². The van der Waals surface area contributed by atoms with Gasteiger partial charge in [-0.3, -0.25) is 0 Å². The molecule has 0 saturated carbocycles. The molecule has 1 rings (SSSR count). The largest absolute Gasteiger partial charge is 0.373 e. The number of allylic oxidation sites excluding steroid dienone is 2. The van der Waals surface area contributed by atoms with Crippen LogP contribution in [0.15, 0.2) is 11.6 Å². The first-order chi connectivity index (χ1) is 6.47. The molecule has 0 aromatic carbocycles. The second-order valence-electron chi connectivity index (χ2n) is 5.37. The molecular weight excluding hydrogens is 172 g/mol. The van der Waals surface area contributed by atoms with Crippen molar-refractivity contribution in [2.45, 2.75) is 71.5 Å². The molecule has 1 heteroatoms. The molecule has 1 atom stereocenters.